The lowest BCUT2D eigenvalue weighted by molar-refractivity contribution is 0.174. The van der Waals surface area contributed by atoms with Crippen LogP contribution in [0.2, 0.25) is 0 Å². The second-order valence-electron chi connectivity index (χ2n) is 5.19. The van der Waals surface area contributed by atoms with E-state index >= 15 is 0 Å². The van der Waals surface area contributed by atoms with Crippen molar-refractivity contribution < 1.29 is 9.47 Å². The summed E-state index contributed by atoms with van der Waals surface area (Å²) in [7, 11) is 1.77. The Bertz CT molecular complexity index is 654. The normalized spacial score (nSPS) is 13.2. The number of hydrogen-bond donors (Lipinski definition) is 2. The molecular formula is C16H21N5O2. The van der Waals surface area contributed by atoms with Crippen LogP contribution >= 0.6 is 0 Å². The Morgan fingerprint density at radius 2 is 2.22 bits per heavy atom. The molecular weight excluding hydrogens is 294 g/mol. The molecule has 3 rings (SSSR count). The zero-order chi connectivity index (χ0) is 15.9. The first-order chi connectivity index (χ1) is 11.3. The summed E-state index contributed by atoms with van der Waals surface area (Å²) in [4.78, 5) is 8.26. The SMILES string of the molecule is CN=C(NCCCn1ccnc1)NCc1ccc2c(c1)OCO2. The van der Waals surface area contributed by atoms with Crippen LogP contribution in [0.15, 0.2) is 41.9 Å². The molecule has 1 aromatic heterocycles. The van der Waals surface area contributed by atoms with Gasteiger partial charge in [-0.25, -0.2) is 4.98 Å². The van der Waals surface area contributed by atoms with Gasteiger partial charge in [0.25, 0.3) is 0 Å². The van der Waals surface area contributed by atoms with Gasteiger partial charge in [-0.05, 0) is 24.1 Å². The molecule has 7 nitrogen and oxygen atoms in total. The lowest BCUT2D eigenvalue weighted by atomic mass is 10.2. The number of aryl methyl sites for hydroxylation is 1. The van der Waals surface area contributed by atoms with Crippen molar-refractivity contribution >= 4 is 5.96 Å². The Morgan fingerprint density at radius 3 is 3.04 bits per heavy atom. The molecule has 0 atom stereocenters. The number of nitrogens with one attached hydrogen (secondary N) is 2. The number of imidazole rings is 1. The molecule has 0 radical (unpaired) electrons. The molecule has 2 aromatic rings. The molecule has 1 aliphatic rings. The highest BCUT2D eigenvalue weighted by Crippen LogP contribution is 2.32. The van der Waals surface area contributed by atoms with E-state index in [1.807, 2.05) is 30.7 Å². The van der Waals surface area contributed by atoms with E-state index in [0.29, 0.717) is 13.3 Å². The molecule has 1 aliphatic heterocycles. The van der Waals surface area contributed by atoms with Crippen LogP contribution in [0.1, 0.15) is 12.0 Å². The third-order valence-electron chi connectivity index (χ3n) is 3.57. The van der Waals surface area contributed by atoms with E-state index < -0.39 is 0 Å². The number of guanidine groups is 1. The molecule has 0 bridgehead atoms. The summed E-state index contributed by atoms with van der Waals surface area (Å²) in [6.07, 6.45) is 6.58. The number of aliphatic imine (C=N–C) groups is 1. The van der Waals surface area contributed by atoms with Crippen LogP contribution < -0.4 is 20.1 Å². The predicted molar refractivity (Wildman–Crippen MR) is 87.6 cm³/mol. The number of ether oxygens (including phenoxy) is 2. The third kappa shape index (κ3) is 4.15. The third-order valence-corrected chi connectivity index (χ3v) is 3.57. The average molecular weight is 315 g/mol. The first-order valence-corrected chi connectivity index (χ1v) is 7.64. The van der Waals surface area contributed by atoms with Crippen molar-refractivity contribution in [3.63, 3.8) is 0 Å². The number of rotatable bonds is 6. The Kier molecular flexibility index (Phi) is 4.98. The van der Waals surface area contributed by atoms with Crippen LogP contribution in [0.3, 0.4) is 0 Å². The highest BCUT2D eigenvalue weighted by molar-refractivity contribution is 5.79. The van der Waals surface area contributed by atoms with E-state index in [4.69, 9.17) is 9.47 Å². The fourth-order valence-corrected chi connectivity index (χ4v) is 2.34. The highest BCUT2D eigenvalue weighted by atomic mass is 16.7. The fourth-order valence-electron chi connectivity index (χ4n) is 2.34. The standard InChI is InChI=1S/C16H21N5O2/c1-17-16(19-5-2-7-21-8-6-18-11-21)20-10-13-3-4-14-15(9-13)23-12-22-14/h3-4,6,8-9,11H,2,5,7,10,12H2,1H3,(H2,17,19,20). The van der Waals surface area contributed by atoms with Gasteiger partial charge in [-0.2, -0.15) is 0 Å². The Morgan fingerprint density at radius 1 is 1.30 bits per heavy atom. The minimum absolute atomic E-state index is 0.298. The number of hydrogen-bond acceptors (Lipinski definition) is 4. The van der Waals surface area contributed by atoms with Gasteiger partial charge in [-0.1, -0.05) is 6.07 Å². The number of aromatic nitrogens is 2. The van der Waals surface area contributed by atoms with Crippen LogP contribution in [0.5, 0.6) is 11.5 Å². The van der Waals surface area contributed by atoms with Crippen molar-refractivity contribution in [1.82, 2.24) is 20.2 Å². The van der Waals surface area contributed by atoms with Gasteiger partial charge in [0.15, 0.2) is 17.5 Å². The van der Waals surface area contributed by atoms with Gasteiger partial charge in [0.05, 0.1) is 6.33 Å². The van der Waals surface area contributed by atoms with Gasteiger partial charge in [0.2, 0.25) is 6.79 Å². The second-order valence-corrected chi connectivity index (χ2v) is 5.19. The van der Waals surface area contributed by atoms with Gasteiger partial charge >= 0.3 is 0 Å². The van der Waals surface area contributed by atoms with E-state index in [-0.39, 0.29) is 0 Å². The quantitative estimate of drug-likeness (QED) is 0.478. The molecule has 2 heterocycles. The first-order valence-electron chi connectivity index (χ1n) is 7.64. The molecule has 2 N–H and O–H groups in total. The number of fused-ring (bicyclic) bond motifs is 1. The van der Waals surface area contributed by atoms with E-state index in [1.54, 1.807) is 13.2 Å². The smallest absolute Gasteiger partial charge is 0.231 e. The summed E-state index contributed by atoms with van der Waals surface area (Å²) in [6, 6.07) is 5.94. The molecule has 7 heteroatoms. The van der Waals surface area contributed by atoms with Crippen molar-refractivity contribution in [1.29, 1.82) is 0 Å². The Labute approximate surface area is 135 Å². The van der Waals surface area contributed by atoms with Gasteiger partial charge in [-0.15, -0.1) is 0 Å². The average Bonchev–Trinajstić information content (AvgIpc) is 3.25. The van der Waals surface area contributed by atoms with Crippen molar-refractivity contribution in [3.8, 4) is 11.5 Å². The summed E-state index contributed by atoms with van der Waals surface area (Å²) in [5.74, 6) is 2.39. The van der Waals surface area contributed by atoms with Crippen molar-refractivity contribution in [3.05, 3.63) is 42.5 Å². The molecule has 122 valence electrons. The maximum atomic E-state index is 5.38. The summed E-state index contributed by atoms with van der Waals surface area (Å²) >= 11 is 0. The number of nitrogens with zero attached hydrogens (tertiary/aromatic N) is 3. The first kappa shape index (κ1) is 15.2. The maximum absolute atomic E-state index is 5.38. The Balaban J connectivity index is 1.41. The topological polar surface area (TPSA) is 72.7 Å². The van der Waals surface area contributed by atoms with Crippen molar-refractivity contribution in [2.75, 3.05) is 20.4 Å². The molecule has 0 fully saturated rings. The van der Waals surface area contributed by atoms with E-state index in [9.17, 15) is 0 Å². The van der Waals surface area contributed by atoms with E-state index in [1.165, 1.54) is 0 Å². The highest BCUT2D eigenvalue weighted by Gasteiger charge is 2.13. The van der Waals surface area contributed by atoms with E-state index in [0.717, 1.165) is 42.5 Å². The van der Waals surface area contributed by atoms with Crippen molar-refractivity contribution in [2.24, 2.45) is 4.99 Å². The predicted octanol–water partition coefficient (Wildman–Crippen LogP) is 1.37. The lowest BCUT2D eigenvalue weighted by Crippen LogP contribution is -2.37. The summed E-state index contributed by atoms with van der Waals surface area (Å²) in [5.41, 5.74) is 1.12. The molecule has 1 aromatic carbocycles. The number of benzene rings is 1. The minimum atomic E-state index is 0.298. The van der Waals surface area contributed by atoms with Gasteiger partial charge in [0, 0.05) is 39.1 Å². The summed E-state index contributed by atoms with van der Waals surface area (Å²) < 4.78 is 12.8. The van der Waals surface area contributed by atoms with Gasteiger partial charge < -0.3 is 24.7 Å². The molecule has 0 aliphatic carbocycles. The lowest BCUT2D eigenvalue weighted by Gasteiger charge is -2.12. The summed E-state index contributed by atoms with van der Waals surface area (Å²) in [5, 5.41) is 6.60. The van der Waals surface area contributed by atoms with Crippen molar-refractivity contribution in [2.45, 2.75) is 19.5 Å². The molecule has 0 spiro atoms. The maximum Gasteiger partial charge on any atom is 0.231 e. The minimum Gasteiger partial charge on any atom is -0.454 e. The molecule has 0 amide bonds. The Hall–Kier alpha value is -2.70. The zero-order valence-electron chi connectivity index (χ0n) is 13.2. The van der Waals surface area contributed by atoms with Crippen LogP contribution in [-0.4, -0.2) is 35.9 Å². The second kappa shape index (κ2) is 7.53. The largest absolute Gasteiger partial charge is 0.454 e. The van der Waals surface area contributed by atoms with Gasteiger partial charge in [0.1, 0.15) is 0 Å². The molecule has 0 saturated heterocycles. The van der Waals surface area contributed by atoms with Crippen LogP contribution in [0.4, 0.5) is 0 Å². The monoisotopic (exact) mass is 315 g/mol. The zero-order valence-corrected chi connectivity index (χ0v) is 13.2. The molecule has 23 heavy (non-hydrogen) atoms. The molecule has 0 unspecified atom stereocenters. The van der Waals surface area contributed by atoms with Crippen LogP contribution in [0, 0.1) is 0 Å². The van der Waals surface area contributed by atoms with Crippen LogP contribution in [-0.2, 0) is 13.1 Å². The molecule has 0 saturated carbocycles. The fraction of sp³-hybridized carbons (Fsp3) is 0.375. The summed E-state index contributed by atoms with van der Waals surface area (Å²) in [6.45, 7) is 2.76. The van der Waals surface area contributed by atoms with Crippen LogP contribution in [0.25, 0.3) is 0 Å². The van der Waals surface area contributed by atoms with Gasteiger partial charge in [-0.3, -0.25) is 4.99 Å². The van der Waals surface area contributed by atoms with E-state index in [2.05, 4.69) is 25.2 Å².